The van der Waals surface area contributed by atoms with Crippen molar-refractivity contribution in [2.75, 3.05) is 19.8 Å². The molecule has 0 atom stereocenters. The Morgan fingerprint density at radius 1 is 1.35 bits per heavy atom. The first-order valence-electron chi connectivity index (χ1n) is 5.50. The Labute approximate surface area is 100 Å². The van der Waals surface area contributed by atoms with Crippen molar-refractivity contribution in [3.05, 3.63) is 29.6 Å². The predicted molar refractivity (Wildman–Crippen MR) is 64.0 cm³/mol. The molecule has 0 aliphatic carbocycles. The van der Waals surface area contributed by atoms with Gasteiger partial charge in [-0.2, -0.15) is 0 Å². The van der Waals surface area contributed by atoms with Crippen LogP contribution in [0.5, 0.6) is 5.75 Å². The first-order valence-corrected chi connectivity index (χ1v) is 5.50. The minimum atomic E-state index is -0.551. The molecule has 1 aromatic carbocycles. The molecule has 0 aliphatic heterocycles. The van der Waals surface area contributed by atoms with Crippen LogP contribution in [-0.2, 0) is 4.74 Å². The van der Waals surface area contributed by atoms with E-state index in [0.717, 1.165) is 6.42 Å². The van der Waals surface area contributed by atoms with Crippen molar-refractivity contribution in [3.8, 4) is 5.75 Å². The van der Waals surface area contributed by atoms with Gasteiger partial charge in [0.2, 0.25) is 0 Å². The van der Waals surface area contributed by atoms with Crippen LogP contribution in [0.15, 0.2) is 18.2 Å². The lowest BCUT2D eigenvalue weighted by Crippen LogP contribution is -2.16. The zero-order valence-corrected chi connectivity index (χ0v) is 9.83. The van der Waals surface area contributed by atoms with Crippen molar-refractivity contribution in [2.45, 2.75) is 13.3 Å². The number of benzene rings is 1. The largest absolute Gasteiger partial charge is 0.490 e. The molecule has 4 nitrogen and oxygen atoms in total. The summed E-state index contributed by atoms with van der Waals surface area (Å²) in [7, 11) is 0. The Hall–Kier alpha value is -1.62. The average molecular weight is 240 g/mol. The number of nitrogens with two attached hydrogens (primary N) is 1. The second kappa shape index (κ2) is 6.85. The van der Waals surface area contributed by atoms with Crippen molar-refractivity contribution < 1.29 is 13.9 Å². The number of rotatable bonds is 7. The maximum Gasteiger partial charge on any atom is 0.137 e. The smallest absolute Gasteiger partial charge is 0.137 e. The molecule has 3 N–H and O–H groups in total. The van der Waals surface area contributed by atoms with Gasteiger partial charge in [-0.15, -0.1) is 0 Å². The highest BCUT2D eigenvalue weighted by Gasteiger charge is 2.12. The van der Waals surface area contributed by atoms with Crippen LogP contribution in [0.2, 0.25) is 0 Å². The standard InChI is InChI=1S/C12H17FN2O2/c1-2-6-16-7-8-17-10-5-3-4-9(13)11(10)12(14)15/h3-5H,2,6-8H2,1H3,(H3,14,15). The summed E-state index contributed by atoms with van der Waals surface area (Å²) in [6.45, 7) is 3.43. The molecule has 5 heteroatoms. The summed E-state index contributed by atoms with van der Waals surface area (Å²) in [6, 6.07) is 4.35. The van der Waals surface area contributed by atoms with Gasteiger partial charge in [-0.05, 0) is 18.6 Å². The summed E-state index contributed by atoms with van der Waals surface area (Å²) < 4.78 is 24.0. The van der Waals surface area contributed by atoms with E-state index < -0.39 is 5.82 Å². The van der Waals surface area contributed by atoms with Gasteiger partial charge in [-0.3, -0.25) is 5.41 Å². The molecule has 0 saturated heterocycles. The number of nitrogen functional groups attached to an aromatic ring is 1. The lowest BCUT2D eigenvalue weighted by atomic mass is 10.1. The van der Waals surface area contributed by atoms with Gasteiger partial charge in [0.15, 0.2) is 0 Å². The molecule has 0 radical (unpaired) electrons. The highest BCUT2D eigenvalue weighted by molar-refractivity contribution is 5.97. The van der Waals surface area contributed by atoms with Gasteiger partial charge < -0.3 is 15.2 Å². The zero-order chi connectivity index (χ0) is 12.7. The van der Waals surface area contributed by atoms with Crippen molar-refractivity contribution in [3.63, 3.8) is 0 Å². The molecule has 17 heavy (non-hydrogen) atoms. The quantitative estimate of drug-likeness (QED) is 0.434. The van der Waals surface area contributed by atoms with E-state index in [4.69, 9.17) is 20.6 Å². The fraction of sp³-hybridized carbons (Fsp3) is 0.417. The van der Waals surface area contributed by atoms with Gasteiger partial charge in [-0.25, -0.2) is 4.39 Å². The average Bonchev–Trinajstić information content (AvgIpc) is 2.28. The van der Waals surface area contributed by atoms with Gasteiger partial charge in [0, 0.05) is 6.61 Å². The molecule has 0 aliphatic rings. The van der Waals surface area contributed by atoms with Gasteiger partial charge in [0.1, 0.15) is 24.0 Å². The van der Waals surface area contributed by atoms with Crippen molar-refractivity contribution in [2.24, 2.45) is 5.73 Å². The summed E-state index contributed by atoms with van der Waals surface area (Å²) in [6.07, 6.45) is 0.943. The van der Waals surface area contributed by atoms with Crippen LogP contribution < -0.4 is 10.5 Å². The monoisotopic (exact) mass is 240 g/mol. The van der Waals surface area contributed by atoms with E-state index in [0.29, 0.717) is 19.8 Å². The second-order valence-corrected chi connectivity index (χ2v) is 3.49. The first-order chi connectivity index (χ1) is 8.16. The molecular formula is C12H17FN2O2. The van der Waals surface area contributed by atoms with Crippen LogP contribution in [0.25, 0.3) is 0 Å². The lowest BCUT2D eigenvalue weighted by molar-refractivity contribution is 0.100. The van der Waals surface area contributed by atoms with Crippen LogP contribution in [0, 0.1) is 11.2 Å². The van der Waals surface area contributed by atoms with Crippen LogP contribution in [-0.4, -0.2) is 25.7 Å². The summed E-state index contributed by atoms with van der Waals surface area (Å²) >= 11 is 0. The van der Waals surface area contributed by atoms with Crippen LogP contribution in [0.1, 0.15) is 18.9 Å². The molecule has 0 saturated carbocycles. The normalized spacial score (nSPS) is 10.2. The van der Waals surface area contributed by atoms with Gasteiger partial charge in [0.25, 0.3) is 0 Å². The molecule has 94 valence electrons. The van der Waals surface area contributed by atoms with E-state index in [1.807, 2.05) is 6.92 Å². The highest BCUT2D eigenvalue weighted by Crippen LogP contribution is 2.20. The third-order valence-corrected chi connectivity index (χ3v) is 2.08. The Bertz CT molecular complexity index is 383. The Morgan fingerprint density at radius 2 is 2.12 bits per heavy atom. The Kier molecular flexibility index (Phi) is 5.42. The minimum absolute atomic E-state index is 0.00277. The number of hydrogen-bond acceptors (Lipinski definition) is 3. The molecule has 0 fully saturated rings. The molecule has 0 bridgehead atoms. The van der Waals surface area contributed by atoms with Gasteiger partial charge in [0.05, 0.1) is 12.2 Å². The molecule has 0 heterocycles. The molecular weight excluding hydrogens is 223 g/mol. The first kappa shape index (κ1) is 13.4. The fourth-order valence-electron chi connectivity index (χ4n) is 1.34. The highest BCUT2D eigenvalue weighted by atomic mass is 19.1. The molecule has 0 unspecified atom stereocenters. The topological polar surface area (TPSA) is 68.3 Å². The van der Waals surface area contributed by atoms with E-state index in [2.05, 4.69) is 0 Å². The van der Waals surface area contributed by atoms with E-state index >= 15 is 0 Å². The summed E-state index contributed by atoms with van der Waals surface area (Å²) in [5, 5.41) is 7.29. The summed E-state index contributed by atoms with van der Waals surface area (Å²) in [4.78, 5) is 0. The van der Waals surface area contributed by atoms with E-state index in [9.17, 15) is 4.39 Å². The summed E-state index contributed by atoms with van der Waals surface area (Å²) in [5.41, 5.74) is 5.30. The number of halogens is 1. The van der Waals surface area contributed by atoms with Crippen molar-refractivity contribution in [1.82, 2.24) is 0 Å². The van der Waals surface area contributed by atoms with E-state index in [1.54, 1.807) is 6.07 Å². The molecule has 0 aromatic heterocycles. The van der Waals surface area contributed by atoms with Crippen molar-refractivity contribution in [1.29, 1.82) is 5.41 Å². The minimum Gasteiger partial charge on any atom is -0.490 e. The third kappa shape index (κ3) is 4.03. The van der Waals surface area contributed by atoms with Crippen LogP contribution in [0.4, 0.5) is 4.39 Å². The van der Waals surface area contributed by atoms with Crippen LogP contribution in [0.3, 0.4) is 0 Å². The van der Waals surface area contributed by atoms with Gasteiger partial charge >= 0.3 is 0 Å². The summed E-state index contributed by atoms with van der Waals surface area (Å²) in [5.74, 6) is -0.616. The maximum atomic E-state index is 13.4. The zero-order valence-electron chi connectivity index (χ0n) is 9.83. The molecule has 0 spiro atoms. The Balaban J connectivity index is 2.58. The van der Waals surface area contributed by atoms with Crippen molar-refractivity contribution >= 4 is 5.84 Å². The van der Waals surface area contributed by atoms with Crippen LogP contribution >= 0.6 is 0 Å². The molecule has 0 amide bonds. The lowest BCUT2D eigenvalue weighted by Gasteiger charge is -2.11. The second-order valence-electron chi connectivity index (χ2n) is 3.49. The SMILES string of the molecule is CCCOCCOc1cccc(F)c1C(=N)N. The number of hydrogen-bond donors (Lipinski definition) is 2. The predicted octanol–water partition coefficient (Wildman–Crippen LogP) is 1.92. The number of ether oxygens (including phenoxy) is 2. The molecule has 1 aromatic rings. The third-order valence-electron chi connectivity index (χ3n) is 2.08. The van der Waals surface area contributed by atoms with Gasteiger partial charge in [-0.1, -0.05) is 13.0 Å². The fourth-order valence-corrected chi connectivity index (χ4v) is 1.34. The number of amidine groups is 1. The number of nitrogens with one attached hydrogen (secondary N) is 1. The molecule has 1 rings (SSSR count). The Morgan fingerprint density at radius 3 is 2.76 bits per heavy atom. The maximum absolute atomic E-state index is 13.4. The van der Waals surface area contributed by atoms with E-state index in [-0.39, 0.29) is 17.1 Å². The van der Waals surface area contributed by atoms with E-state index in [1.165, 1.54) is 12.1 Å².